The van der Waals surface area contributed by atoms with Crippen molar-refractivity contribution >= 4 is 11.6 Å². The minimum atomic E-state index is 0.683. The minimum Gasteiger partial charge on any atom is -0.457 e. The van der Waals surface area contributed by atoms with Gasteiger partial charge in [-0.05, 0) is 43.2 Å². The van der Waals surface area contributed by atoms with Crippen molar-refractivity contribution in [3.05, 3.63) is 53.3 Å². The van der Waals surface area contributed by atoms with Gasteiger partial charge in [0.05, 0.1) is 5.69 Å². The number of hydrogen-bond donors (Lipinski definition) is 1. The first-order chi connectivity index (χ1) is 9.29. The third kappa shape index (κ3) is 3.69. The summed E-state index contributed by atoms with van der Waals surface area (Å²) in [6, 6.07) is 11.8. The van der Waals surface area contributed by atoms with Gasteiger partial charge in [-0.1, -0.05) is 11.6 Å². The lowest BCUT2D eigenvalue weighted by atomic mass is 10.3. The molecule has 1 heterocycles. The van der Waals surface area contributed by atoms with E-state index < -0.39 is 0 Å². The van der Waals surface area contributed by atoms with Gasteiger partial charge in [0.25, 0.3) is 0 Å². The third-order valence-corrected chi connectivity index (χ3v) is 3.24. The van der Waals surface area contributed by atoms with Crippen LogP contribution in [0, 0.1) is 0 Å². The van der Waals surface area contributed by atoms with Crippen LogP contribution in [-0.2, 0) is 6.54 Å². The van der Waals surface area contributed by atoms with Gasteiger partial charge in [-0.3, -0.25) is 4.98 Å². The maximum Gasteiger partial charge on any atom is 0.130 e. The Balaban J connectivity index is 1.66. The van der Waals surface area contributed by atoms with E-state index in [2.05, 4.69) is 10.3 Å². The average molecular weight is 275 g/mol. The molecular formula is C15H15ClN2O. The van der Waals surface area contributed by atoms with Crippen LogP contribution in [0.3, 0.4) is 0 Å². The van der Waals surface area contributed by atoms with Gasteiger partial charge in [-0.15, -0.1) is 0 Å². The molecule has 1 aromatic heterocycles. The summed E-state index contributed by atoms with van der Waals surface area (Å²) in [4.78, 5) is 4.33. The van der Waals surface area contributed by atoms with Gasteiger partial charge in [-0.2, -0.15) is 0 Å². The quantitative estimate of drug-likeness (QED) is 0.901. The van der Waals surface area contributed by atoms with Crippen molar-refractivity contribution in [1.29, 1.82) is 0 Å². The first-order valence-electron chi connectivity index (χ1n) is 6.41. The van der Waals surface area contributed by atoms with Crippen LogP contribution in [0.2, 0.25) is 5.02 Å². The summed E-state index contributed by atoms with van der Waals surface area (Å²) >= 11 is 5.84. The van der Waals surface area contributed by atoms with Gasteiger partial charge < -0.3 is 10.1 Å². The van der Waals surface area contributed by atoms with Gasteiger partial charge in [0.2, 0.25) is 0 Å². The van der Waals surface area contributed by atoms with E-state index in [4.69, 9.17) is 16.3 Å². The van der Waals surface area contributed by atoms with Gasteiger partial charge in [0.1, 0.15) is 11.5 Å². The molecule has 19 heavy (non-hydrogen) atoms. The average Bonchev–Trinajstić information content (AvgIpc) is 3.24. The van der Waals surface area contributed by atoms with Crippen LogP contribution in [0.1, 0.15) is 18.5 Å². The lowest BCUT2D eigenvalue weighted by Crippen LogP contribution is -2.16. The molecule has 0 aliphatic heterocycles. The Morgan fingerprint density at radius 2 is 1.95 bits per heavy atom. The Kier molecular flexibility index (Phi) is 3.67. The highest BCUT2D eigenvalue weighted by molar-refractivity contribution is 6.30. The molecule has 1 N–H and O–H groups in total. The van der Waals surface area contributed by atoms with Gasteiger partial charge in [0.15, 0.2) is 0 Å². The number of benzene rings is 1. The standard InChI is InChI=1S/C15H15ClN2O/c16-11-1-5-14(6-2-11)19-15-7-8-17-13(9-15)10-18-12-3-4-12/h1-2,5-9,12,18H,3-4,10H2. The van der Waals surface area contributed by atoms with Crippen LogP contribution < -0.4 is 10.1 Å². The summed E-state index contributed by atoms with van der Waals surface area (Å²) in [6.07, 6.45) is 4.33. The van der Waals surface area contributed by atoms with Crippen LogP contribution in [0.25, 0.3) is 0 Å². The normalized spacial score (nSPS) is 14.4. The Hall–Kier alpha value is -1.58. The number of rotatable bonds is 5. The van der Waals surface area contributed by atoms with Gasteiger partial charge in [0, 0.05) is 29.9 Å². The number of ether oxygens (including phenoxy) is 1. The molecule has 0 amide bonds. The summed E-state index contributed by atoms with van der Waals surface area (Å²) < 4.78 is 5.77. The number of halogens is 1. The molecule has 1 aliphatic carbocycles. The fourth-order valence-electron chi connectivity index (χ4n) is 1.79. The Labute approximate surface area is 117 Å². The molecule has 1 aliphatic rings. The lowest BCUT2D eigenvalue weighted by molar-refractivity contribution is 0.480. The van der Waals surface area contributed by atoms with Crippen LogP contribution in [0.15, 0.2) is 42.6 Å². The Morgan fingerprint density at radius 3 is 2.68 bits per heavy atom. The van der Waals surface area contributed by atoms with Crippen molar-refractivity contribution in [2.45, 2.75) is 25.4 Å². The molecule has 2 aromatic rings. The van der Waals surface area contributed by atoms with Gasteiger partial charge in [-0.25, -0.2) is 0 Å². The number of hydrogen-bond acceptors (Lipinski definition) is 3. The van der Waals surface area contributed by atoms with Crippen molar-refractivity contribution in [2.75, 3.05) is 0 Å². The molecule has 4 heteroatoms. The van der Waals surface area contributed by atoms with E-state index in [1.165, 1.54) is 12.8 Å². The molecule has 3 nitrogen and oxygen atoms in total. The van der Waals surface area contributed by atoms with Gasteiger partial charge >= 0.3 is 0 Å². The first kappa shape index (κ1) is 12.5. The highest BCUT2D eigenvalue weighted by Gasteiger charge is 2.20. The van der Waals surface area contributed by atoms with Crippen molar-refractivity contribution in [3.8, 4) is 11.5 Å². The van der Waals surface area contributed by atoms with Crippen molar-refractivity contribution in [2.24, 2.45) is 0 Å². The van der Waals surface area contributed by atoms with E-state index >= 15 is 0 Å². The Morgan fingerprint density at radius 1 is 1.16 bits per heavy atom. The highest BCUT2D eigenvalue weighted by atomic mass is 35.5. The number of aromatic nitrogens is 1. The molecule has 0 spiro atoms. The van der Waals surface area contributed by atoms with E-state index in [-0.39, 0.29) is 0 Å². The fourth-order valence-corrected chi connectivity index (χ4v) is 1.92. The molecule has 3 rings (SSSR count). The zero-order chi connectivity index (χ0) is 13.1. The lowest BCUT2D eigenvalue weighted by Gasteiger charge is -2.07. The predicted octanol–water partition coefficient (Wildman–Crippen LogP) is 3.78. The molecule has 0 saturated heterocycles. The SMILES string of the molecule is Clc1ccc(Oc2ccnc(CNC3CC3)c2)cc1. The molecule has 0 bridgehead atoms. The third-order valence-electron chi connectivity index (χ3n) is 2.99. The van der Waals surface area contributed by atoms with Crippen molar-refractivity contribution < 1.29 is 4.74 Å². The second-order valence-corrected chi connectivity index (χ2v) is 5.13. The molecule has 1 saturated carbocycles. The second-order valence-electron chi connectivity index (χ2n) is 4.69. The molecule has 0 atom stereocenters. The van der Waals surface area contributed by atoms with E-state index in [1.807, 2.05) is 36.4 Å². The minimum absolute atomic E-state index is 0.683. The largest absolute Gasteiger partial charge is 0.457 e. The first-order valence-corrected chi connectivity index (χ1v) is 6.79. The maximum atomic E-state index is 5.84. The second kappa shape index (κ2) is 5.59. The van der Waals surface area contributed by atoms with Crippen molar-refractivity contribution in [1.82, 2.24) is 10.3 Å². The monoisotopic (exact) mass is 274 g/mol. The topological polar surface area (TPSA) is 34.1 Å². The van der Waals surface area contributed by atoms with E-state index in [1.54, 1.807) is 6.20 Å². The smallest absolute Gasteiger partial charge is 0.130 e. The zero-order valence-corrected chi connectivity index (χ0v) is 11.2. The predicted molar refractivity (Wildman–Crippen MR) is 75.6 cm³/mol. The maximum absolute atomic E-state index is 5.84. The number of nitrogens with zero attached hydrogens (tertiary/aromatic N) is 1. The van der Waals surface area contributed by atoms with Crippen LogP contribution in [0.5, 0.6) is 11.5 Å². The van der Waals surface area contributed by atoms with E-state index in [9.17, 15) is 0 Å². The fraction of sp³-hybridized carbons (Fsp3) is 0.267. The summed E-state index contributed by atoms with van der Waals surface area (Å²) in [6.45, 7) is 0.794. The number of pyridine rings is 1. The zero-order valence-electron chi connectivity index (χ0n) is 10.5. The summed E-state index contributed by atoms with van der Waals surface area (Å²) in [5.74, 6) is 1.57. The molecule has 0 unspecified atom stereocenters. The molecular weight excluding hydrogens is 260 g/mol. The molecule has 1 aromatic carbocycles. The molecule has 1 fully saturated rings. The molecule has 0 radical (unpaired) electrons. The van der Waals surface area contributed by atoms with Crippen LogP contribution >= 0.6 is 11.6 Å². The highest BCUT2D eigenvalue weighted by Crippen LogP contribution is 2.23. The summed E-state index contributed by atoms with van der Waals surface area (Å²) in [5.41, 5.74) is 0.998. The number of nitrogens with one attached hydrogen (secondary N) is 1. The molecule has 98 valence electrons. The van der Waals surface area contributed by atoms with Crippen LogP contribution in [-0.4, -0.2) is 11.0 Å². The van der Waals surface area contributed by atoms with Crippen molar-refractivity contribution in [3.63, 3.8) is 0 Å². The van der Waals surface area contributed by atoms with Crippen LogP contribution in [0.4, 0.5) is 0 Å². The Bertz CT molecular complexity index is 552. The van der Waals surface area contributed by atoms with E-state index in [0.29, 0.717) is 11.1 Å². The summed E-state index contributed by atoms with van der Waals surface area (Å²) in [7, 11) is 0. The van der Waals surface area contributed by atoms with E-state index in [0.717, 1.165) is 23.7 Å². The summed E-state index contributed by atoms with van der Waals surface area (Å²) in [5, 5.41) is 4.14.